The van der Waals surface area contributed by atoms with E-state index < -0.39 is 6.10 Å². The van der Waals surface area contributed by atoms with Gasteiger partial charge < -0.3 is 10.4 Å². The van der Waals surface area contributed by atoms with E-state index >= 15 is 0 Å². The zero-order chi connectivity index (χ0) is 15.1. The Bertz CT molecular complexity index is 579. The molecule has 1 atom stereocenters. The van der Waals surface area contributed by atoms with Crippen LogP contribution in [0.4, 0.5) is 5.69 Å². The Balaban J connectivity index is 1.85. The molecule has 0 spiro atoms. The molecule has 110 valence electrons. The van der Waals surface area contributed by atoms with Gasteiger partial charge in [0, 0.05) is 17.7 Å². The molecule has 2 rings (SSSR count). The lowest BCUT2D eigenvalue weighted by atomic mass is 10.1. The first-order valence-electron chi connectivity index (χ1n) is 7.27. The number of hydrogen-bond acceptors (Lipinski definition) is 2. The van der Waals surface area contributed by atoms with E-state index in [1.165, 1.54) is 5.56 Å². The van der Waals surface area contributed by atoms with Crippen molar-refractivity contribution in [1.82, 2.24) is 0 Å². The predicted molar refractivity (Wildman–Crippen MR) is 85.1 cm³/mol. The largest absolute Gasteiger partial charge is 0.389 e. The van der Waals surface area contributed by atoms with E-state index in [2.05, 4.69) is 17.4 Å². The van der Waals surface area contributed by atoms with Crippen LogP contribution in [0.15, 0.2) is 54.6 Å². The van der Waals surface area contributed by atoms with Crippen molar-refractivity contribution in [2.75, 3.05) is 5.32 Å². The number of nitrogens with one attached hydrogen (secondary N) is 1. The fourth-order valence-corrected chi connectivity index (χ4v) is 2.29. The molecule has 1 amide bonds. The molecule has 0 aromatic heterocycles. The van der Waals surface area contributed by atoms with Crippen LogP contribution in [0.1, 0.15) is 37.0 Å². The van der Waals surface area contributed by atoms with Gasteiger partial charge in [-0.25, -0.2) is 0 Å². The molecule has 2 N–H and O–H groups in total. The maximum Gasteiger partial charge on any atom is 0.224 e. The first-order valence-corrected chi connectivity index (χ1v) is 7.27. The summed E-state index contributed by atoms with van der Waals surface area (Å²) in [7, 11) is 0. The van der Waals surface area contributed by atoms with Gasteiger partial charge >= 0.3 is 0 Å². The van der Waals surface area contributed by atoms with Crippen molar-refractivity contribution in [2.45, 2.75) is 32.3 Å². The Hall–Kier alpha value is -2.13. The highest BCUT2D eigenvalue weighted by atomic mass is 16.3. The number of benzene rings is 2. The summed E-state index contributed by atoms with van der Waals surface area (Å²) in [6.07, 6.45) is 1.59. The van der Waals surface area contributed by atoms with Crippen molar-refractivity contribution in [3.05, 3.63) is 65.7 Å². The van der Waals surface area contributed by atoms with Crippen LogP contribution in [0.3, 0.4) is 0 Å². The Labute approximate surface area is 125 Å². The molecule has 2 aromatic carbocycles. The summed E-state index contributed by atoms with van der Waals surface area (Å²) >= 11 is 0. The standard InChI is InChI=1S/C18H21NO2/c1-14(20)16-11-5-6-12-17(16)19-18(21)13-7-10-15-8-3-2-4-9-15/h2-6,8-9,11-12,14,20H,7,10,13H2,1H3,(H,19,21). The van der Waals surface area contributed by atoms with E-state index in [1.54, 1.807) is 6.92 Å². The molecule has 0 aliphatic rings. The third-order valence-corrected chi connectivity index (χ3v) is 3.40. The topological polar surface area (TPSA) is 49.3 Å². The minimum Gasteiger partial charge on any atom is -0.389 e. The Morgan fingerprint density at radius 2 is 1.76 bits per heavy atom. The van der Waals surface area contributed by atoms with Gasteiger partial charge in [-0.15, -0.1) is 0 Å². The van der Waals surface area contributed by atoms with Crippen LogP contribution in [-0.4, -0.2) is 11.0 Å². The number of amides is 1. The average molecular weight is 283 g/mol. The lowest BCUT2D eigenvalue weighted by molar-refractivity contribution is -0.116. The minimum absolute atomic E-state index is 0.0148. The Morgan fingerprint density at radius 1 is 1.10 bits per heavy atom. The number of aryl methyl sites for hydroxylation is 1. The Kier molecular flexibility index (Phi) is 5.52. The molecule has 21 heavy (non-hydrogen) atoms. The van der Waals surface area contributed by atoms with E-state index in [0.717, 1.165) is 18.4 Å². The number of para-hydroxylation sites is 1. The summed E-state index contributed by atoms with van der Waals surface area (Å²) in [5.41, 5.74) is 2.68. The van der Waals surface area contributed by atoms with Crippen molar-refractivity contribution in [1.29, 1.82) is 0 Å². The summed E-state index contributed by atoms with van der Waals surface area (Å²) < 4.78 is 0. The third-order valence-electron chi connectivity index (χ3n) is 3.40. The summed E-state index contributed by atoms with van der Waals surface area (Å²) in [4.78, 5) is 12.0. The highest BCUT2D eigenvalue weighted by Crippen LogP contribution is 2.22. The second-order valence-corrected chi connectivity index (χ2v) is 5.15. The number of aliphatic hydroxyl groups is 1. The molecule has 0 aliphatic carbocycles. The second-order valence-electron chi connectivity index (χ2n) is 5.15. The van der Waals surface area contributed by atoms with Gasteiger partial charge in [-0.05, 0) is 31.4 Å². The number of aliphatic hydroxyl groups excluding tert-OH is 1. The maximum atomic E-state index is 12.0. The predicted octanol–water partition coefficient (Wildman–Crippen LogP) is 3.70. The highest BCUT2D eigenvalue weighted by molar-refractivity contribution is 5.91. The molecular formula is C18H21NO2. The normalized spacial score (nSPS) is 11.9. The molecule has 0 heterocycles. The van der Waals surface area contributed by atoms with Crippen molar-refractivity contribution < 1.29 is 9.90 Å². The zero-order valence-electron chi connectivity index (χ0n) is 12.3. The van der Waals surface area contributed by atoms with E-state index in [4.69, 9.17) is 0 Å². The van der Waals surface area contributed by atoms with E-state index in [9.17, 15) is 9.90 Å². The molecule has 0 bridgehead atoms. The Morgan fingerprint density at radius 3 is 2.48 bits per heavy atom. The highest BCUT2D eigenvalue weighted by Gasteiger charge is 2.09. The smallest absolute Gasteiger partial charge is 0.224 e. The molecule has 0 saturated heterocycles. The number of hydrogen-bond donors (Lipinski definition) is 2. The summed E-state index contributed by atoms with van der Waals surface area (Å²) in [6.45, 7) is 1.69. The second kappa shape index (κ2) is 7.60. The summed E-state index contributed by atoms with van der Waals surface area (Å²) in [5.74, 6) is -0.0148. The summed E-state index contributed by atoms with van der Waals surface area (Å²) in [6, 6.07) is 17.5. The van der Waals surface area contributed by atoms with Crippen LogP contribution in [0, 0.1) is 0 Å². The fourth-order valence-electron chi connectivity index (χ4n) is 2.29. The van der Waals surface area contributed by atoms with E-state index in [-0.39, 0.29) is 5.91 Å². The van der Waals surface area contributed by atoms with Crippen molar-refractivity contribution >= 4 is 11.6 Å². The van der Waals surface area contributed by atoms with Gasteiger partial charge in [0.25, 0.3) is 0 Å². The van der Waals surface area contributed by atoms with Gasteiger partial charge in [0.15, 0.2) is 0 Å². The van der Waals surface area contributed by atoms with Crippen LogP contribution < -0.4 is 5.32 Å². The summed E-state index contributed by atoms with van der Waals surface area (Å²) in [5, 5.41) is 12.6. The molecule has 0 aliphatic heterocycles. The fraction of sp³-hybridized carbons (Fsp3) is 0.278. The molecule has 2 aromatic rings. The zero-order valence-corrected chi connectivity index (χ0v) is 12.3. The van der Waals surface area contributed by atoms with Gasteiger partial charge in [0.2, 0.25) is 5.91 Å². The van der Waals surface area contributed by atoms with Crippen molar-refractivity contribution in [2.24, 2.45) is 0 Å². The van der Waals surface area contributed by atoms with Gasteiger partial charge in [-0.2, -0.15) is 0 Å². The van der Waals surface area contributed by atoms with Crippen molar-refractivity contribution in [3.8, 4) is 0 Å². The molecule has 1 unspecified atom stereocenters. The maximum absolute atomic E-state index is 12.0. The molecule has 0 radical (unpaired) electrons. The van der Waals surface area contributed by atoms with Gasteiger partial charge in [-0.1, -0.05) is 48.5 Å². The molecule has 3 heteroatoms. The first kappa shape index (κ1) is 15.3. The van der Waals surface area contributed by atoms with Crippen LogP contribution in [0.2, 0.25) is 0 Å². The third kappa shape index (κ3) is 4.72. The van der Waals surface area contributed by atoms with Gasteiger partial charge in [0.05, 0.1) is 6.10 Å². The number of anilines is 1. The van der Waals surface area contributed by atoms with Crippen LogP contribution in [0.5, 0.6) is 0 Å². The quantitative estimate of drug-likeness (QED) is 0.849. The number of carbonyl (C=O) groups excluding carboxylic acids is 1. The van der Waals surface area contributed by atoms with E-state index in [1.807, 2.05) is 42.5 Å². The molecular weight excluding hydrogens is 262 g/mol. The monoisotopic (exact) mass is 283 g/mol. The SMILES string of the molecule is CC(O)c1ccccc1NC(=O)CCCc1ccccc1. The number of rotatable bonds is 6. The minimum atomic E-state index is -0.592. The van der Waals surface area contributed by atoms with Gasteiger partial charge in [-0.3, -0.25) is 4.79 Å². The first-order chi connectivity index (χ1) is 10.2. The lowest BCUT2D eigenvalue weighted by Gasteiger charge is -2.12. The van der Waals surface area contributed by atoms with Crippen LogP contribution in [0.25, 0.3) is 0 Å². The molecule has 0 fully saturated rings. The van der Waals surface area contributed by atoms with Crippen LogP contribution in [-0.2, 0) is 11.2 Å². The van der Waals surface area contributed by atoms with Gasteiger partial charge in [0.1, 0.15) is 0 Å². The van der Waals surface area contributed by atoms with Crippen LogP contribution >= 0.6 is 0 Å². The molecule has 3 nitrogen and oxygen atoms in total. The van der Waals surface area contributed by atoms with E-state index in [0.29, 0.717) is 12.1 Å². The lowest BCUT2D eigenvalue weighted by Crippen LogP contribution is -2.13. The molecule has 0 saturated carbocycles. The number of carbonyl (C=O) groups is 1. The average Bonchev–Trinajstić information content (AvgIpc) is 2.48. The van der Waals surface area contributed by atoms with Crippen molar-refractivity contribution in [3.63, 3.8) is 0 Å².